The van der Waals surface area contributed by atoms with Crippen LogP contribution in [0.5, 0.6) is 11.5 Å². The van der Waals surface area contributed by atoms with Gasteiger partial charge in [0.05, 0.1) is 14.1 Å². The molecule has 1 aromatic carbocycles. The van der Waals surface area contributed by atoms with Crippen molar-refractivity contribution in [3.63, 3.8) is 0 Å². The lowest BCUT2D eigenvalue weighted by atomic mass is 9.86. The molecule has 4 N–H and O–H groups in total. The van der Waals surface area contributed by atoms with Crippen LogP contribution in [0, 0.1) is 0 Å². The fourth-order valence-electron chi connectivity index (χ4n) is 2.37. The Labute approximate surface area is 95.5 Å². The summed E-state index contributed by atoms with van der Waals surface area (Å²) in [5.74, 6) is 6.07. The van der Waals surface area contributed by atoms with Gasteiger partial charge in [0.1, 0.15) is 6.04 Å². The first-order chi connectivity index (χ1) is 7.39. The van der Waals surface area contributed by atoms with E-state index in [0.29, 0.717) is 10.6 Å². The van der Waals surface area contributed by atoms with Gasteiger partial charge in [0.2, 0.25) is 0 Å². The summed E-state index contributed by atoms with van der Waals surface area (Å²) in [5.41, 5.74) is 1.98. The van der Waals surface area contributed by atoms with Crippen molar-refractivity contribution in [2.24, 2.45) is 5.84 Å². The molecular weight excluding hydrogens is 204 g/mol. The second-order valence-electron chi connectivity index (χ2n) is 5.10. The van der Waals surface area contributed by atoms with Crippen molar-refractivity contribution in [1.82, 2.24) is 0 Å². The van der Waals surface area contributed by atoms with E-state index in [1.54, 1.807) is 6.07 Å². The lowest BCUT2D eigenvalue weighted by molar-refractivity contribution is -0.927. The highest BCUT2D eigenvalue weighted by atomic mass is 16.3. The highest BCUT2D eigenvalue weighted by molar-refractivity contribution is 5.50. The van der Waals surface area contributed by atoms with E-state index in [-0.39, 0.29) is 11.5 Å². The maximum Gasteiger partial charge on any atom is 0.160 e. The van der Waals surface area contributed by atoms with Gasteiger partial charge in [-0.2, -0.15) is 5.84 Å². The van der Waals surface area contributed by atoms with E-state index in [9.17, 15) is 10.2 Å². The molecule has 88 valence electrons. The minimum Gasteiger partial charge on any atom is -0.504 e. The van der Waals surface area contributed by atoms with Gasteiger partial charge in [-0.15, -0.1) is 0 Å². The van der Waals surface area contributed by atoms with Gasteiger partial charge in [-0.1, -0.05) is 6.07 Å². The lowest BCUT2D eigenvalue weighted by Crippen LogP contribution is -2.56. The Balaban J connectivity index is 2.33. The Bertz CT molecular complexity index is 410. The number of quaternary nitrogens is 1. The number of aromatic hydroxyl groups is 2. The van der Waals surface area contributed by atoms with Crippen molar-refractivity contribution in [1.29, 1.82) is 0 Å². The lowest BCUT2D eigenvalue weighted by Gasteiger charge is -2.36. The maximum absolute atomic E-state index is 9.75. The van der Waals surface area contributed by atoms with Crippen LogP contribution in [0.3, 0.4) is 0 Å². The number of rotatable bonds is 1. The molecule has 4 nitrogen and oxygen atoms in total. The second kappa shape index (κ2) is 3.64. The number of likely N-dealkylation sites (N-methyl/N-ethyl adjacent to an activating group) is 1. The first-order valence-corrected chi connectivity index (χ1v) is 5.54. The summed E-state index contributed by atoms with van der Waals surface area (Å²) in [4.78, 5) is 0. The quantitative estimate of drug-likeness (QED) is 0.287. The third-order valence-corrected chi connectivity index (χ3v) is 3.48. The molecule has 4 heteroatoms. The Morgan fingerprint density at radius 1 is 1.31 bits per heavy atom. The van der Waals surface area contributed by atoms with Crippen molar-refractivity contribution < 1.29 is 14.8 Å². The molecule has 0 heterocycles. The molecule has 16 heavy (non-hydrogen) atoms. The molecule has 2 rings (SSSR count). The molecule has 0 saturated carbocycles. The average Bonchev–Trinajstić information content (AvgIpc) is 2.22. The molecule has 1 atom stereocenters. The molecule has 0 fully saturated rings. The van der Waals surface area contributed by atoms with Gasteiger partial charge in [0.25, 0.3) is 0 Å². The van der Waals surface area contributed by atoms with E-state index in [1.165, 1.54) is 0 Å². The van der Waals surface area contributed by atoms with Gasteiger partial charge in [-0.3, -0.25) is 4.59 Å². The number of nitrogens with two attached hydrogens (primary N) is 1. The van der Waals surface area contributed by atoms with E-state index in [4.69, 9.17) is 5.84 Å². The number of phenolic OH excluding ortho intramolecular Hbond substituents is 2. The summed E-state index contributed by atoms with van der Waals surface area (Å²) < 4.78 is 0.446. The van der Waals surface area contributed by atoms with Crippen LogP contribution in [0.15, 0.2) is 12.1 Å². The number of benzene rings is 1. The third-order valence-electron chi connectivity index (χ3n) is 3.48. The molecule has 0 aliphatic heterocycles. The van der Waals surface area contributed by atoms with Crippen LogP contribution in [0.1, 0.15) is 17.5 Å². The van der Waals surface area contributed by atoms with E-state index < -0.39 is 0 Å². The van der Waals surface area contributed by atoms with Gasteiger partial charge >= 0.3 is 0 Å². The zero-order valence-electron chi connectivity index (χ0n) is 9.77. The van der Waals surface area contributed by atoms with Crippen LogP contribution in [-0.4, -0.2) is 34.9 Å². The predicted molar refractivity (Wildman–Crippen MR) is 61.9 cm³/mol. The molecule has 0 spiro atoms. The van der Waals surface area contributed by atoms with Crippen molar-refractivity contribution >= 4 is 0 Å². The van der Waals surface area contributed by atoms with Crippen LogP contribution in [0.25, 0.3) is 0 Å². The van der Waals surface area contributed by atoms with Crippen LogP contribution < -0.4 is 5.84 Å². The van der Waals surface area contributed by atoms with Gasteiger partial charge < -0.3 is 10.2 Å². The molecule has 1 aliphatic carbocycles. The summed E-state index contributed by atoms with van der Waals surface area (Å²) >= 11 is 0. The van der Waals surface area contributed by atoms with Crippen molar-refractivity contribution in [3.05, 3.63) is 23.3 Å². The molecule has 0 aromatic heterocycles. The molecule has 1 aliphatic rings. The summed E-state index contributed by atoms with van der Waals surface area (Å²) in [6.45, 7) is 0. The van der Waals surface area contributed by atoms with Crippen molar-refractivity contribution in [2.45, 2.75) is 25.3 Å². The predicted octanol–water partition coefficient (Wildman–Crippen LogP) is 0.905. The van der Waals surface area contributed by atoms with Crippen LogP contribution >= 0.6 is 0 Å². The van der Waals surface area contributed by atoms with Gasteiger partial charge in [0, 0.05) is 18.4 Å². The third kappa shape index (κ3) is 1.86. The van der Waals surface area contributed by atoms with E-state index in [1.807, 2.05) is 20.2 Å². The van der Waals surface area contributed by atoms with Crippen LogP contribution in [0.4, 0.5) is 0 Å². The number of hydrogen-bond donors (Lipinski definition) is 3. The summed E-state index contributed by atoms with van der Waals surface area (Å²) in [5, 5.41) is 19.2. The molecule has 0 radical (unpaired) electrons. The molecule has 1 unspecified atom stereocenters. The fourth-order valence-corrected chi connectivity index (χ4v) is 2.37. The normalized spacial score (nSPS) is 20.6. The largest absolute Gasteiger partial charge is 0.504 e. The van der Waals surface area contributed by atoms with Gasteiger partial charge in [0.15, 0.2) is 11.5 Å². The number of hydrogen-bond acceptors (Lipinski definition) is 3. The minimum atomic E-state index is -0.0290. The fraction of sp³-hybridized carbons (Fsp3) is 0.500. The summed E-state index contributed by atoms with van der Waals surface area (Å²) in [7, 11) is 3.96. The number of fused-ring (bicyclic) bond motifs is 1. The van der Waals surface area contributed by atoms with E-state index in [0.717, 1.165) is 30.4 Å². The zero-order chi connectivity index (χ0) is 11.9. The molecule has 0 bridgehead atoms. The van der Waals surface area contributed by atoms with Crippen molar-refractivity contribution in [3.8, 4) is 11.5 Å². The van der Waals surface area contributed by atoms with Gasteiger partial charge in [-0.25, -0.2) is 0 Å². The SMILES string of the molecule is C[N+](C)(N)C1CCc2c(ccc(O)c2O)C1. The molecule has 1 aromatic rings. The highest BCUT2D eigenvalue weighted by Gasteiger charge is 2.31. The Morgan fingerprint density at radius 3 is 2.62 bits per heavy atom. The molecule has 0 amide bonds. The second-order valence-corrected chi connectivity index (χ2v) is 5.10. The van der Waals surface area contributed by atoms with Crippen LogP contribution in [-0.2, 0) is 12.8 Å². The minimum absolute atomic E-state index is 0.0290. The first kappa shape index (κ1) is 11.2. The summed E-state index contributed by atoms with van der Waals surface area (Å²) in [6, 6.07) is 3.80. The van der Waals surface area contributed by atoms with E-state index >= 15 is 0 Å². The Hall–Kier alpha value is -1.26. The molecule has 0 saturated heterocycles. The monoisotopic (exact) mass is 223 g/mol. The number of nitrogens with zero attached hydrogens (tertiary/aromatic N) is 1. The number of phenols is 2. The zero-order valence-corrected chi connectivity index (χ0v) is 9.77. The standard InChI is InChI=1S/C12H18N2O2/c1-14(2,13)9-4-5-10-8(7-9)3-6-11(15)12(10)16/h3,6,9H,4-5,7,13H2,1-2H3,(H-,15,16)/p+1. The first-order valence-electron chi connectivity index (χ1n) is 5.54. The van der Waals surface area contributed by atoms with Crippen molar-refractivity contribution in [2.75, 3.05) is 14.1 Å². The maximum atomic E-state index is 9.75. The average molecular weight is 223 g/mol. The summed E-state index contributed by atoms with van der Waals surface area (Å²) in [6.07, 6.45) is 2.57. The van der Waals surface area contributed by atoms with Crippen LogP contribution in [0.2, 0.25) is 0 Å². The van der Waals surface area contributed by atoms with Gasteiger partial charge in [-0.05, 0) is 18.1 Å². The Kier molecular flexibility index (Phi) is 2.56. The van der Waals surface area contributed by atoms with E-state index in [2.05, 4.69) is 0 Å². The highest BCUT2D eigenvalue weighted by Crippen LogP contribution is 2.36. The topological polar surface area (TPSA) is 66.5 Å². The Morgan fingerprint density at radius 2 is 2.00 bits per heavy atom. The molecular formula is C12H19N2O2+. The smallest absolute Gasteiger partial charge is 0.160 e.